The number of hydrogen-bond donors (Lipinski definition) is 0. The first kappa shape index (κ1) is 16.2. The van der Waals surface area contributed by atoms with Gasteiger partial charge in [-0.2, -0.15) is 0 Å². The summed E-state index contributed by atoms with van der Waals surface area (Å²) in [5.41, 5.74) is 0. The molecule has 3 atom stereocenters. The Bertz CT molecular complexity index is 288. The number of rotatable bonds is 5. The van der Waals surface area contributed by atoms with Gasteiger partial charge in [-0.05, 0) is 39.2 Å². The summed E-state index contributed by atoms with van der Waals surface area (Å²) in [6.07, 6.45) is 2.72. The van der Waals surface area contributed by atoms with Crippen LogP contribution in [0.3, 0.4) is 0 Å². The number of morpholine rings is 1. The molecule has 0 radical (unpaired) electrons. The Labute approximate surface area is 123 Å². The standard InChI is InChI=1S/C16H31FN2O/c1-4-14-5-7-18(12-16(14)17)8-6-15-11-19(13(2)3)9-10-20-15/h13-16H,4-12H2,1-3H3. The van der Waals surface area contributed by atoms with Crippen molar-refractivity contribution in [2.75, 3.05) is 39.3 Å². The average molecular weight is 286 g/mol. The first-order chi connectivity index (χ1) is 9.60. The molecule has 0 aromatic carbocycles. The van der Waals surface area contributed by atoms with Crippen molar-refractivity contribution in [1.82, 2.24) is 9.80 Å². The van der Waals surface area contributed by atoms with Gasteiger partial charge in [-0.1, -0.05) is 13.3 Å². The minimum atomic E-state index is -0.631. The largest absolute Gasteiger partial charge is 0.376 e. The summed E-state index contributed by atoms with van der Waals surface area (Å²) in [7, 11) is 0. The van der Waals surface area contributed by atoms with Gasteiger partial charge in [0.25, 0.3) is 0 Å². The minimum absolute atomic E-state index is 0.286. The summed E-state index contributed by atoms with van der Waals surface area (Å²) < 4.78 is 19.8. The van der Waals surface area contributed by atoms with Gasteiger partial charge in [0.05, 0.1) is 12.7 Å². The molecule has 0 aromatic rings. The fraction of sp³-hybridized carbons (Fsp3) is 1.00. The molecule has 0 aliphatic carbocycles. The Balaban J connectivity index is 1.70. The van der Waals surface area contributed by atoms with E-state index in [1.165, 1.54) is 0 Å². The second-order valence-corrected chi connectivity index (χ2v) is 6.64. The molecule has 0 amide bonds. The summed E-state index contributed by atoms with van der Waals surface area (Å²) in [6, 6.07) is 0.594. The van der Waals surface area contributed by atoms with Crippen molar-refractivity contribution in [1.29, 1.82) is 0 Å². The van der Waals surface area contributed by atoms with E-state index in [9.17, 15) is 4.39 Å². The topological polar surface area (TPSA) is 15.7 Å². The highest BCUT2D eigenvalue weighted by Gasteiger charge is 2.29. The molecule has 0 spiro atoms. The van der Waals surface area contributed by atoms with E-state index in [1.807, 2.05) is 0 Å². The molecular weight excluding hydrogens is 255 g/mol. The molecular formula is C16H31FN2O. The molecule has 2 heterocycles. The zero-order valence-electron chi connectivity index (χ0n) is 13.4. The van der Waals surface area contributed by atoms with Crippen LogP contribution in [0.5, 0.6) is 0 Å². The molecule has 2 fully saturated rings. The highest BCUT2D eigenvalue weighted by Crippen LogP contribution is 2.23. The van der Waals surface area contributed by atoms with Crippen LogP contribution < -0.4 is 0 Å². The van der Waals surface area contributed by atoms with E-state index in [-0.39, 0.29) is 5.92 Å². The van der Waals surface area contributed by atoms with E-state index in [2.05, 4.69) is 30.6 Å². The smallest absolute Gasteiger partial charge is 0.116 e. The van der Waals surface area contributed by atoms with Crippen LogP contribution in [0.2, 0.25) is 0 Å². The van der Waals surface area contributed by atoms with Crippen molar-refractivity contribution < 1.29 is 9.13 Å². The lowest BCUT2D eigenvalue weighted by atomic mass is 9.92. The number of likely N-dealkylation sites (tertiary alicyclic amines) is 1. The first-order valence-electron chi connectivity index (χ1n) is 8.32. The van der Waals surface area contributed by atoms with Crippen LogP contribution in [-0.2, 0) is 4.74 Å². The monoisotopic (exact) mass is 286 g/mol. The third-order valence-corrected chi connectivity index (χ3v) is 4.95. The molecule has 0 saturated carbocycles. The summed E-state index contributed by atoms with van der Waals surface area (Å²) in [4.78, 5) is 4.77. The van der Waals surface area contributed by atoms with Gasteiger partial charge in [-0.3, -0.25) is 4.90 Å². The van der Waals surface area contributed by atoms with Gasteiger partial charge in [0.2, 0.25) is 0 Å². The molecule has 118 valence electrons. The van der Waals surface area contributed by atoms with Gasteiger partial charge in [-0.25, -0.2) is 4.39 Å². The predicted octanol–water partition coefficient (Wildman–Crippen LogP) is 2.56. The Hall–Kier alpha value is -0.190. The number of piperidine rings is 1. The van der Waals surface area contributed by atoms with E-state index >= 15 is 0 Å². The summed E-state index contributed by atoms with van der Waals surface area (Å²) in [6.45, 7) is 12.2. The first-order valence-corrected chi connectivity index (χ1v) is 8.32. The van der Waals surface area contributed by atoms with E-state index in [1.54, 1.807) is 0 Å². The maximum Gasteiger partial charge on any atom is 0.116 e. The van der Waals surface area contributed by atoms with E-state index in [0.29, 0.717) is 18.7 Å². The van der Waals surface area contributed by atoms with Gasteiger partial charge in [0.15, 0.2) is 0 Å². The fourth-order valence-corrected chi connectivity index (χ4v) is 3.39. The summed E-state index contributed by atoms with van der Waals surface area (Å²) in [5, 5.41) is 0. The second-order valence-electron chi connectivity index (χ2n) is 6.64. The zero-order valence-corrected chi connectivity index (χ0v) is 13.4. The Morgan fingerprint density at radius 1 is 1.25 bits per heavy atom. The van der Waals surface area contributed by atoms with Crippen molar-refractivity contribution in [3.05, 3.63) is 0 Å². The molecule has 2 aliphatic rings. The number of nitrogens with zero attached hydrogens (tertiary/aromatic N) is 2. The van der Waals surface area contributed by atoms with Crippen molar-refractivity contribution in [3.63, 3.8) is 0 Å². The van der Waals surface area contributed by atoms with E-state index < -0.39 is 6.17 Å². The van der Waals surface area contributed by atoms with Crippen molar-refractivity contribution in [2.45, 2.75) is 58.4 Å². The fourth-order valence-electron chi connectivity index (χ4n) is 3.39. The molecule has 4 heteroatoms. The van der Waals surface area contributed by atoms with E-state index in [0.717, 1.165) is 52.0 Å². The van der Waals surface area contributed by atoms with Gasteiger partial charge in [-0.15, -0.1) is 0 Å². The molecule has 2 saturated heterocycles. The second kappa shape index (κ2) is 7.71. The van der Waals surface area contributed by atoms with Gasteiger partial charge >= 0.3 is 0 Å². The lowest BCUT2D eigenvalue weighted by molar-refractivity contribution is -0.0474. The van der Waals surface area contributed by atoms with Crippen molar-refractivity contribution >= 4 is 0 Å². The summed E-state index contributed by atoms with van der Waals surface area (Å²) in [5.74, 6) is 0.286. The Morgan fingerprint density at radius 2 is 2.05 bits per heavy atom. The number of alkyl halides is 1. The highest BCUT2D eigenvalue weighted by molar-refractivity contribution is 4.81. The lowest BCUT2D eigenvalue weighted by Gasteiger charge is -2.38. The lowest BCUT2D eigenvalue weighted by Crippen LogP contribution is -2.48. The SMILES string of the molecule is CCC1CCN(CCC2CN(C(C)C)CCO2)CC1F. The number of halogens is 1. The van der Waals surface area contributed by atoms with Gasteiger partial charge < -0.3 is 9.64 Å². The Kier molecular flexibility index (Phi) is 6.24. The van der Waals surface area contributed by atoms with Crippen LogP contribution in [0.25, 0.3) is 0 Å². The van der Waals surface area contributed by atoms with Crippen molar-refractivity contribution in [2.24, 2.45) is 5.92 Å². The average Bonchev–Trinajstić information content (AvgIpc) is 2.45. The van der Waals surface area contributed by atoms with Gasteiger partial charge in [0.1, 0.15) is 6.17 Å². The summed E-state index contributed by atoms with van der Waals surface area (Å²) >= 11 is 0. The molecule has 0 aromatic heterocycles. The highest BCUT2D eigenvalue weighted by atomic mass is 19.1. The van der Waals surface area contributed by atoms with Crippen LogP contribution >= 0.6 is 0 Å². The van der Waals surface area contributed by atoms with Crippen molar-refractivity contribution in [3.8, 4) is 0 Å². The third-order valence-electron chi connectivity index (χ3n) is 4.95. The van der Waals surface area contributed by atoms with Crippen LogP contribution in [0.15, 0.2) is 0 Å². The normalized spacial score (nSPS) is 33.8. The molecule has 0 N–H and O–H groups in total. The number of ether oxygens (including phenoxy) is 1. The van der Waals surface area contributed by atoms with Crippen LogP contribution in [0.4, 0.5) is 4.39 Å². The maximum atomic E-state index is 14.0. The van der Waals surface area contributed by atoms with Crippen LogP contribution in [0.1, 0.15) is 40.0 Å². The molecule has 2 aliphatic heterocycles. The predicted molar refractivity (Wildman–Crippen MR) is 80.8 cm³/mol. The molecule has 20 heavy (non-hydrogen) atoms. The minimum Gasteiger partial charge on any atom is -0.376 e. The van der Waals surface area contributed by atoms with Crippen LogP contribution in [0, 0.1) is 5.92 Å². The Morgan fingerprint density at radius 3 is 2.70 bits per heavy atom. The van der Waals surface area contributed by atoms with E-state index in [4.69, 9.17) is 4.74 Å². The maximum absolute atomic E-state index is 14.0. The third kappa shape index (κ3) is 4.40. The van der Waals surface area contributed by atoms with Crippen LogP contribution in [-0.4, -0.2) is 67.4 Å². The molecule has 0 bridgehead atoms. The molecule has 3 nitrogen and oxygen atoms in total. The molecule has 3 unspecified atom stereocenters. The number of hydrogen-bond acceptors (Lipinski definition) is 3. The quantitative estimate of drug-likeness (QED) is 0.772. The molecule has 2 rings (SSSR count). The van der Waals surface area contributed by atoms with Gasteiger partial charge in [0, 0.05) is 32.2 Å². The zero-order chi connectivity index (χ0) is 14.5.